The zero-order chi connectivity index (χ0) is 21.9. The van der Waals surface area contributed by atoms with Gasteiger partial charge in [0.25, 0.3) is 5.91 Å². The number of halogens is 3. The molecule has 1 aliphatic rings. The highest BCUT2D eigenvalue weighted by Crippen LogP contribution is 2.37. The lowest BCUT2D eigenvalue weighted by molar-refractivity contribution is 0.0669. The molecular weight excluding hydrogens is 409 g/mol. The monoisotopic (exact) mass is 426 g/mol. The fourth-order valence-electron chi connectivity index (χ4n) is 4.23. The summed E-state index contributed by atoms with van der Waals surface area (Å²) in [7, 11) is 1.65. The van der Waals surface area contributed by atoms with Crippen molar-refractivity contribution in [2.45, 2.75) is 19.4 Å². The highest BCUT2D eigenvalue weighted by atomic mass is 19.2. The molecule has 0 fully saturated rings. The van der Waals surface area contributed by atoms with Gasteiger partial charge in [0.15, 0.2) is 23.1 Å². The zero-order valence-electron chi connectivity index (χ0n) is 16.7. The number of nitrogens with one attached hydrogen (secondary N) is 1. The second-order valence-corrected chi connectivity index (χ2v) is 7.51. The van der Waals surface area contributed by atoms with Gasteiger partial charge in [-0.1, -0.05) is 0 Å². The summed E-state index contributed by atoms with van der Waals surface area (Å²) in [5, 5.41) is 12.1. The fraction of sp³-hybridized carbons (Fsp3) is 0.238. The number of rotatable bonds is 2. The van der Waals surface area contributed by atoms with E-state index in [2.05, 4.69) is 20.3 Å². The molecule has 1 amide bonds. The third kappa shape index (κ3) is 2.89. The number of amides is 1. The van der Waals surface area contributed by atoms with E-state index in [1.165, 1.54) is 4.68 Å². The first-order valence-corrected chi connectivity index (χ1v) is 9.66. The maximum atomic E-state index is 13.8. The van der Waals surface area contributed by atoms with E-state index < -0.39 is 23.5 Å². The molecule has 0 aliphatic carbocycles. The Hall–Kier alpha value is -3.69. The van der Waals surface area contributed by atoms with Gasteiger partial charge in [-0.2, -0.15) is 10.2 Å². The van der Waals surface area contributed by atoms with E-state index in [1.54, 1.807) is 30.4 Å². The largest absolute Gasteiger partial charge is 0.328 e. The Morgan fingerprint density at radius 2 is 1.97 bits per heavy atom. The molecular formula is C21H17F3N6O. The molecule has 0 saturated carbocycles. The number of H-pyrrole nitrogens is 1. The Morgan fingerprint density at radius 1 is 1.23 bits per heavy atom. The smallest absolute Gasteiger partial charge is 0.275 e. The summed E-state index contributed by atoms with van der Waals surface area (Å²) >= 11 is 0. The molecule has 3 aromatic heterocycles. The van der Waals surface area contributed by atoms with Crippen molar-refractivity contribution in [2.24, 2.45) is 7.05 Å². The second kappa shape index (κ2) is 6.93. The molecule has 10 heteroatoms. The maximum Gasteiger partial charge on any atom is 0.275 e. The molecule has 7 nitrogen and oxygen atoms in total. The Morgan fingerprint density at radius 3 is 2.71 bits per heavy atom. The first-order valence-electron chi connectivity index (χ1n) is 9.66. The van der Waals surface area contributed by atoms with Gasteiger partial charge in [0.1, 0.15) is 0 Å². The highest BCUT2D eigenvalue weighted by molar-refractivity contribution is 6.04. The minimum Gasteiger partial charge on any atom is -0.328 e. The number of carbonyl (C=O) groups excluding carboxylic acids is 1. The zero-order valence-corrected chi connectivity index (χ0v) is 16.7. The van der Waals surface area contributed by atoms with Gasteiger partial charge in [-0.05, 0) is 31.5 Å². The van der Waals surface area contributed by atoms with E-state index in [1.807, 2.05) is 6.92 Å². The van der Waals surface area contributed by atoms with Crippen LogP contribution in [0.15, 0.2) is 30.6 Å². The molecule has 1 aromatic carbocycles. The molecule has 0 bridgehead atoms. The van der Waals surface area contributed by atoms with Crippen LogP contribution < -0.4 is 0 Å². The van der Waals surface area contributed by atoms with E-state index in [-0.39, 0.29) is 17.2 Å². The molecule has 31 heavy (non-hydrogen) atoms. The van der Waals surface area contributed by atoms with Crippen LogP contribution in [0.2, 0.25) is 0 Å². The van der Waals surface area contributed by atoms with Crippen LogP contribution in [0.3, 0.4) is 0 Å². The topological polar surface area (TPSA) is 79.7 Å². The van der Waals surface area contributed by atoms with Crippen molar-refractivity contribution in [1.29, 1.82) is 0 Å². The van der Waals surface area contributed by atoms with Gasteiger partial charge in [-0.25, -0.2) is 13.2 Å². The number of aromatic nitrogens is 5. The van der Waals surface area contributed by atoms with E-state index in [9.17, 15) is 18.0 Å². The van der Waals surface area contributed by atoms with Gasteiger partial charge in [-0.3, -0.25) is 19.6 Å². The number of carbonyl (C=O) groups is 1. The summed E-state index contributed by atoms with van der Waals surface area (Å²) in [6, 6.07) is 3.26. The number of benzene rings is 1. The second-order valence-electron chi connectivity index (χ2n) is 7.51. The SMILES string of the molecule is C[C@H]1c2nn(C)c(-c3cc(F)c(F)c(F)c3)c2CCN1C(=O)c1n[nH]c2ccncc12. The van der Waals surface area contributed by atoms with E-state index in [0.717, 1.165) is 17.7 Å². The van der Waals surface area contributed by atoms with Crippen LogP contribution in [0, 0.1) is 17.5 Å². The molecule has 0 spiro atoms. The van der Waals surface area contributed by atoms with E-state index >= 15 is 0 Å². The molecule has 1 atom stereocenters. The standard InChI is InChI=1S/C21H17F3N6O/c1-10-18-12(20(29(2)28-18)11-7-14(22)17(24)15(23)8-11)4-6-30(10)21(31)19-13-9-25-5-3-16(13)26-27-19/h3,5,7-10H,4,6H2,1-2H3,(H,26,27)/t10-/m0/s1. The molecule has 0 radical (unpaired) electrons. The maximum absolute atomic E-state index is 13.8. The van der Waals surface area contributed by atoms with Crippen LogP contribution in [0.5, 0.6) is 0 Å². The first-order chi connectivity index (χ1) is 14.9. The van der Waals surface area contributed by atoms with Crippen LogP contribution in [-0.4, -0.2) is 42.3 Å². The summed E-state index contributed by atoms with van der Waals surface area (Å²) in [6.07, 6.45) is 3.62. The van der Waals surface area contributed by atoms with Crippen molar-refractivity contribution < 1.29 is 18.0 Å². The number of nitrogens with zero attached hydrogens (tertiary/aromatic N) is 5. The van der Waals surface area contributed by atoms with E-state index in [0.29, 0.717) is 35.3 Å². The molecule has 1 N–H and O–H groups in total. The highest BCUT2D eigenvalue weighted by Gasteiger charge is 2.35. The van der Waals surface area contributed by atoms with Crippen LogP contribution in [0.1, 0.15) is 34.7 Å². The average molecular weight is 426 g/mol. The third-order valence-electron chi connectivity index (χ3n) is 5.73. The van der Waals surface area contributed by atoms with Crippen LogP contribution >= 0.6 is 0 Å². The predicted molar refractivity (Wildman–Crippen MR) is 106 cm³/mol. The normalized spacial score (nSPS) is 16.0. The Labute approximate surface area is 174 Å². The van der Waals surface area contributed by atoms with Crippen LogP contribution in [0.4, 0.5) is 13.2 Å². The lowest BCUT2D eigenvalue weighted by Crippen LogP contribution is -2.39. The minimum atomic E-state index is -1.51. The van der Waals surface area contributed by atoms with Crippen molar-refractivity contribution in [2.75, 3.05) is 6.54 Å². The van der Waals surface area contributed by atoms with Crippen molar-refractivity contribution in [3.63, 3.8) is 0 Å². The lowest BCUT2D eigenvalue weighted by atomic mass is 9.95. The number of fused-ring (bicyclic) bond motifs is 2. The minimum absolute atomic E-state index is 0.198. The Kier molecular flexibility index (Phi) is 4.31. The van der Waals surface area contributed by atoms with Crippen LogP contribution in [-0.2, 0) is 13.5 Å². The molecule has 4 heterocycles. The number of aryl methyl sites for hydroxylation is 1. The van der Waals surface area contributed by atoms with Gasteiger partial charge in [0.05, 0.1) is 28.3 Å². The summed E-state index contributed by atoms with van der Waals surface area (Å²) in [5.74, 6) is -4.29. The molecule has 4 aromatic rings. The molecule has 0 unspecified atom stereocenters. The number of aromatic amines is 1. The Bertz CT molecular complexity index is 1320. The van der Waals surface area contributed by atoms with Gasteiger partial charge >= 0.3 is 0 Å². The molecule has 1 aliphatic heterocycles. The van der Waals surface area contributed by atoms with Crippen molar-refractivity contribution >= 4 is 16.8 Å². The predicted octanol–water partition coefficient (Wildman–Crippen LogP) is 3.54. The van der Waals surface area contributed by atoms with Gasteiger partial charge in [0.2, 0.25) is 0 Å². The van der Waals surface area contributed by atoms with Crippen molar-refractivity contribution in [3.05, 3.63) is 65.0 Å². The van der Waals surface area contributed by atoms with Crippen LogP contribution in [0.25, 0.3) is 22.2 Å². The Balaban J connectivity index is 1.53. The quantitative estimate of drug-likeness (QED) is 0.498. The van der Waals surface area contributed by atoms with Crippen molar-refractivity contribution in [1.82, 2.24) is 29.9 Å². The lowest BCUT2D eigenvalue weighted by Gasteiger charge is -2.32. The van der Waals surface area contributed by atoms with Gasteiger partial charge in [0, 0.05) is 37.1 Å². The summed E-state index contributed by atoms with van der Waals surface area (Å²) in [6.45, 7) is 2.21. The fourth-order valence-corrected chi connectivity index (χ4v) is 4.23. The summed E-state index contributed by atoms with van der Waals surface area (Å²) in [5.41, 5.74) is 3.09. The number of hydrogen-bond acceptors (Lipinski definition) is 4. The summed E-state index contributed by atoms with van der Waals surface area (Å²) in [4.78, 5) is 18.9. The first kappa shape index (κ1) is 19.3. The molecule has 158 valence electrons. The van der Waals surface area contributed by atoms with Gasteiger partial charge < -0.3 is 4.90 Å². The van der Waals surface area contributed by atoms with Crippen molar-refractivity contribution in [3.8, 4) is 11.3 Å². The molecule has 5 rings (SSSR count). The van der Waals surface area contributed by atoms with Gasteiger partial charge in [-0.15, -0.1) is 0 Å². The average Bonchev–Trinajstić information content (AvgIpc) is 3.32. The number of hydrogen-bond donors (Lipinski definition) is 1. The third-order valence-corrected chi connectivity index (χ3v) is 5.73. The number of pyridine rings is 1. The van der Waals surface area contributed by atoms with E-state index in [4.69, 9.17) is 0 Å². The molecule has 0 saturated heterocycles. The summed E-state index contributed by atoms with van der Waals surface area (Å²) < 4.78 is 42.5.